The summed E-state index contributed by atoms with van der Waals surface area (Å²) in [5, 5.41) is 0. The van der Waals surface area contributed by atoms with Crippen molar-refractivity contribution in [1.29, 1.82) is 0 Å². The molecular formula is C15H12BrNO4. The SMILES string of the molecule is COc1ccc(C(=O)C(=O)c2cc(Br)ccc2OC)cn1. The fourth-order valence-corrected chi connectivity index (χ4v) is 2.11. The zero-order valence-electron chi connectivity index (χ0n) is 11.4. The lowest BCUT2D eigenvalue weighted by Crippen LogP contribution is -2.15. The van der Waals surface area contributed by atoms with E-state index in [1.54, 1.807) is 18.2 Å². The molecule has 1 aromatic heterocycles. The highest BCUT2D eigenvalue weighted by Crippen LogP contribution is 2.24. The van der Waals surface area contributed by atoms with Crippen molar-refractivity contribution in [2.75, 3.05) is 14.2 Å². The highest BCUT2D eigenvalue weighted by molar-refractivity contribution is 9.10. The second-order valence-corrected chi connectivity index (χ2v) is 5.01. The maximum absolute atomic E-state index is 12.3. The van der Waals surface area contributed by atoms with E-state index in [4.69, 9.17) is 9.47 Å². The molecule has 5 nitrogen and oxygen atoms in total. The Hall–Kier alpha value is -2.21. The molecule has 0 unspecified atom stereocenters. The molecule has 0 aliphatic carbocycles. The highest BCUT2D eigenvalue weighted by Gasteiger charge is 2.22. The van der Waals surface area contributed by atoms with Crippen LogP contribution in [-0.4, -0.2) is 30.8 Å². The maximum Gasteiger partial charge on any atom is 0.237 e. The van der Waals surface area contributed by atoms with Crippen LogP contribution in [0.15, 0.2) is 41.0 Å². The van der Waals surface area contributed by atoms with E-state index in [9.17, 15) is 9.59 Å². The molecule has 21 heavy (non-hydrogen) atoms. The second-order valence-electron chi connectivity index (χ2n) is 4.09. The molecular weight excluding hydrogens is 338 g/mol. The molecule has 0 saturated heterocycles. The van der Waals surface area contributed by atoms with Crippen LogP contribution in [0.4, 0.5) is 0 Å². The lowest BCUT2D eigenvalue weighted by molar-refractivity contribution is 0.0814. The molecule has 0 spiro atoms. The number of methoxy groups -OCH3 is 2. The van der Waals surface area contributed by atoms with Gasteiger partial charge in [0.25, 0.3) is 0 Å². The average molecular weight is 350 g/mol. The predicted octanol–water partition coefficient (Wildman–Crippen LogP) is 2.93. The van der Waals surface area contributed by atoms with Gasteiger partial charge in [-0.3, -0.25) is 9.59 Å². The first-order valence-corrected chi connectivity index (χ1v) is 6.78. The summed E-state index contributed by atoms with van der Waals surface area (Å²) in [5.41, 5.74) is 0.399. The fourth-order valence-electron chi connectivity index (χ4n) is 1.75. The summed E-state index contributed by atoms with van der Waals surface area (Å²) in [6, 6.07) is 7.93. The average Bonchev–Trinajstić information content (AvgIpc) is 2.53. The largest absolute Gasteiger partial charge is 0.496 e. The third-order valence-corrected chi connectivity index (χ3v) is 3.31. The van der Waals surface area contributed by atoms with Crippen LogP contribution in [0.1, 0.15) is 20.7 Å². The molecule has 6 heteroatoms. The van der Waals surface area contributed by atoms with Gasteiger partial charge in [-0.2, -0.15) is 0 Å². The number of halogens is 1. The Morgan fingerprint density at radius 3 is 2.38 bits per heavy atom. The van der Waals surface area contributed by atoms with Crippen LogP contribution in [0, 0.1) is 0 Å². The third-order valence-electron chi connectivity index (χ3n) is 2.82. The summed E-state index contributed by atoms with van der Waals surface area (Å²) in [6.07, 6.45) is 1.31. The third kappa shape index (κ3) is 3.28. The first-order valence-electron chi connectivity index (χ1n) is 5.99. The molecule has 0 amide bonds. The Morgan fingerprint density at radius 2 is 1.81 bits per heavy atom. The molecule has 0 fully saturated rings. The Labute approximate surface area is 130 Å². The van der Waals surface area contributed by atoms with Gasteiger partial charge in [0.05, 0.1) is 19.8 Å². The molecule has 2 aromatic rings. The van der Waals surface area contributed by atoms with Gasteiger partial charge in [-0.15, -0.1) is 0 Å². The standard InChI is InChI=1S/C15H12BrNO4/c1-20-12-5-4-10(16)7-11(12)15(19)14(18)9-3-6-13(21-2)17-8-9/h3-8H,1-2H3. The Bertz CT molecular complexity index is 683. The number of aromatic nitrogens is 1. The van der Waals surface area contributed by atoms with E-state index in [2.05, 4.69) is 20.9 Å². The molecule has 0 radical (unpaired) electrons. The van der Waals surface area contributed by atoms with Crippen molar-refractivity contribution in [3.63, 3.8) is 0 Å². The molecule has 0 aliphatic heterocycles. The van der Waals surface area contributed by atoms with E-state index < -0.39 is 11.6 Å². The number of ether oxygens (including phenoxy) is 2. The van der Waals surface area contributed by atoms with Crippen LogP contribution in [0.2, 0.25) is 0 Å². The number of Topliss-reactive ketones (excluding diaryl/α,β-unsaturated/α-hetero) is 2. The zero-order valence-corrected chi connectivity index (χ0v) is 13.0. The van der Waals surface area contributed by atoms with Crippen LogP contribution in [-0.2, 0) is 0 Å². The van der Waals surface area contributed by atoms with Crippen LogP contribution < -0.4 is 9.47 Å². The first kappa shape index (κ1) is 15.2. The number of hydrogen-bond acceptors (Lipinski definition) is 5. The van der Waals surface area contributed by atoms with Crippen molar-refractivity contribution in [3.8, 4) is 11.6 Å². The molecule has 0 saturated carbocycles. The van der Waals surface area contributed by atoms with E-state index in [-0.39, 0.29) is 11.1 Å². The van der Waals surface area contributed by atoms with Crippen molar-refractivity contribution < 1.29 is 19.1 Å². The maximum atomic E-state index is 12.3. The molecule has 0 aliphatic rings. The number of carbonyl (C=O) groups is 2. The minimum absolute atomic E-state index is 0.197. The highest BCUT2D eigenvalue weighted by atomic mass is 79.9. The van der Waals surface area contributed by atoms with Gasteiger partial charge in [-0.1, -0.05) is 15.9 Å². The van der Waals surface area contributed by atoms with E-state index >= 15 is 0 Å². The summed E-state index contributed by atoms with van der Waals surface area (Å²) in [5.74, 6) is -0.585. The quantitative estimate of drug-likeness (QED) is 0.613. The van der Waals surface area contributed by atoms with Gasteiger partial charge in [0.2, 0.25) is 17.4 Å². The van der Waals surface area contributed by atoms with Gasteiger partial charge in [0.15, 0.2) is 0 Å². The minimum atomic E-state index is -0.653. The van der Waals surface area contributed by atoms with Crippen molar-refractivity contribution in [2.24, 2.45) is 0 Å². The number of carbonyl (C=O) groups excluding carboxylic acids is 2. The minimum Gasteiger partial charge on any atom is -0.496 e. The fraction of sp³-hybridized carbons (Fsp3) is 0.133. The van der Waals surface area contributed by atoms with Gasteiger partial charge >= 0.3 is 0 Å². The number of hydrogen-bond donors (Lipinski definition) is 0. The van der Waals surface area contributed by atoms with Crippen molar-refractivity contribution in [2.45, 2.75) is 0 Å². The van der Waals surface area contributed by atoms with E-state index in [1.807, 2.05) is 0 Å². The van der Waals surface area contributed by atoms with Crippen LogP contribution >= 0.6 is 15.9 Å². The van der Waals surface area contributed by atoms with Gasteiger partial charge in [0, 0.05) is 22.3 Å². The molecule has 0 atom stereocenters. The summed E-state index contributed by atoms with van der Waals surface area (Å²) < 4.78 is 10.7. The summed E-state index contributed by atoms with van der Waals surface area (Å²) in [4.78, 5) is 28.5. The summed E-state index contributed by atoms with van der Waals surface area (Å²) >= 11 is 3.27. The van der Waals surface area contributed by atoms with Crippen molar-refractivity contribution >= 4 is 27.5 Å². The molecule has 108 valence electrons. The van der Waals surface area contributed by atoms with Gasteiger partial charge in [-0.25, -0.2) is 4.98 Å². The van der Waals surface area contributed by atoms with E-state index in [1.165, 1.54) is 32.5 Å². The first-order chi connectivity index (χ1) is 10.1. The second kappa shape index (κ2) is 6.49. The smallest absolute Gasteiger partial charge is 0.237 e. The van der Waals surface area contributed by atoms with Crippen molar-refractivity contribution in [3.05, 3.63) is 52.1 Å². The Balaban J connectivity index is 2.34. The molecule has 0 N–H and O–H groups in total. The number of nitrogens with zero attached hydrogens (tertiary/aromatic N) is 1. The lowest BCUT2D eigenvalue weighted by atomic mass is 10.0. The molecule has 2 rings (SSSR count). The Morgan fingerprint density at radius 1 is 1.05 bits per heavy atom. The molecule has 0 bridgehead atoms. The van der Waals surface area contributed by atoms with Crippen molar-refractivity contribution in [1.82, 2.24) is 4.98 Å². The summed E-state index contributed by atoms with van der Waals surface area (Å²) in [7, 11) is 2.92. The Kier molecular flexibility index (Phi) is 4.70. The lowest BCUT2D eigenvalue weighted by Gasteiger charge is -2.07. The van der Waals surface area contributed by atoms with Crippen LogP contribution in [0.3, 0.4) is 0 Å². The van der Waals surface area contributed by atoms with E-state index in [0.717, 1.165) is 0 Å². The monoisotopic (exact) mass is 349 g/mol. The number of ketones is 2. The number of benzene rings is 1. The van der Waals surface area contributed by atoms with Gasteiger partial charge < -0.3 is 9.47 Å². The van der Waals surface area contributed by atoms with E-state index in [0.29, 0.717) is 16.1 Å². The van der Waals surface area contributed by atoms with Crippen LogP contribution in [0.5, 0.6) is 11.6 Å². The predicted molar refractivity (Wildman–Crippen MR) is 80.1 cm³/mol. The van der Waals surface area contributed by atoms with Crippen LogP contribution in [0.25, 0.3) is 0 Å². The molecule has 1 heterocycles. The summed E-state index contributed by atoms with van der Waals surface area (Å²) in [6.45, 7) is 0. The number of pyridine rings is 1. The number of rotatable bonds is 5. The van der Waals surface area contributed by atoms with Gasteiger partial charge in [0.1, 0.15) is 5.75 Å². The normalized spacial score (nSPS) is 10.0. The van der Waals surface area contributed by atoms with Gasteiger partial charge in [-0.05, 0) is 24.3 Å². The topological polar surface area (TPSA) is 65.5 Å². The molecule has 1 aromatic carbocycles. The zero-order chi connectivity index (χ0) is 15.4.